The third kappa shape index (κ3) is 5.93. The molecule has 1 amide bonds. The SMILES string of the molecule is C=CCN1[C@@H]2c3c(cc(C)c(OC)c3O)C[C@H]1[C@H](C#N)N1C2[C@@H]2SCC(NC(=O)c3cc4ccccc4oc3=O)C(=O)OC[C@H]1c1c3c(c(C)c(OC(C)=O)c12)OCO3. The van der Waals surface area contributed by atoms with Crippen LogP contribution in [0.2, 0.25) is 0 Å². The number of thioether (sulfide) groups is 1. The largest absolute Gasteiger partial charge is 0.504 e. The first-order valence-corrected chi connectivity index (χ1v) is 20.2. The topological polar surface area (TPSA) is 190 Å². The number of nitrogens with zero attached hydrogens (tertiary/aromatic N) is 3. The third-order valence-corrected chi connectivity index (χ3v) is 13.4. The zero-order chi connectivity index (χ0) is 41.4. The Hall–Kier alpha value is -6.02. The smallest absolute Gasteiger partial charge is 0.349 e. The second-order valence-corrected chi connectivity index (χ2v) is 16.4. The summed E-state index contributed by atoms with van der Waals surface area (Å²) in [5.74, 6) is -0.948. The number of rotatable bonds is 6. The predicted molar refractivity (Wildman–Crippen MR) is 213 cm³/mol. The number of amides is 1. The fourth-order valence-electron chi connectivity index (χ4n) is 9.77. The lowest BCUT2D eigenvalue weighted by atomic mass is 9.71. The number of hydrogen-bond donors (Lipinski definition) is 2. The highest BCUT2D eigenvalue weighted by Gasteiger charge is 2.61. The molecule has 6 aliphatic heterocycles. The molecule has 7 heterocycles. The fraction of sp³-hybridized carbons (Fsp3) is 0.372. The van der Waals surface area contributed by atoms with E-state index in [9.17, 15) is 29.5 Å². The zero-order valence-corrected chi connectivity index (χ0v) is 33.4. The van der Waals surface area contributed by atoms with Crippen LogP contribution in [0.4, 0.5) is 0 Å². The maximum absolute atomic E-state index is 14.1. The number of hydrogen-bond acceptors (Lipinski definition) is 15. The Morgan fingerprint density at radius 3 is 2.63 bits per heavy atom. The van der Waals surface area contributed by atoms with E-state index in [0.29, 0.717) is 63.4 Å². The molecule has 15 nitrogen and oxygen atoms in total. The number of methoxy groups -OCH3 is 1. The number of piperazine rings is 1. The Bertz CT molecular complexity index is 2590. The van der Waals surface area contributed by atoms with Gasteiger partial charge in [-0.25, -0.2) is 9.59 Å². The number of benzene rings is 3. The van der Waals surface area contributed by atoms with Gasteiger partial charge in [0.2, 0.25) is 6.79 Å². The summed E-state index contributed by atoms with van der Waals surface area (Å²) < 4.78 is 35.5. The molecule has 2 unspecified atom stereocenters. The highest BCUT2D eigenvalue weighted by Crippen LogP contribution is 2.64. The molecule has 4 aromatic rings. The number of ether oxygens (including phenoxy) is 5. The number of carbonyl (C=O) groups is 3. The average molecular weight is 821 g/mol. The molecular weight excluding hydrogens is 781 g/mol. The number of esters is 2. The summed E-state index contributed by atoms with van der Waals surface area (Å²) in [6, 6.07) is 8.22. The normalized spacial score (nSPS) is 25.5. The van der Waals surface area contributed by atoms with Crippen LogP contribution in [0.3, 0.4) is 0 Å². The molecule has 1 aromatic heterocycles. The van der Waals surface area contributed by atoms with Crippen molar-refractivity contribution in [2.45, 2.75) is 68.7 Å². The minimum absolute atomic E-state index is 0.0265. The Labute approximate surface area is 342 Å². The van der Waals surface area contributed by atoms with Crippen LogP contribution in [0.1, 0.15) is 68.0 Å². The van der Waals surface area contributed by atoms with E-state index in [0.717, 1.165) is 11.1 Å². The van der Waals surface area contributed by atoms with Crippen LogP contribution in [-0.2, 0) is 20.7 Å². The second kappa shape index (κ2) is 14.7. The molecule has 7 atom stereocenters. The van der Waals surface area contributed by atoms with Crippen LogP contribution < -0.4 is 29.9 Å². The summed E-state index contributed by atoms with van der Waals surface area (Å²) >= 11 is 1.29. The van der Waals surface area contributed by atoms with Crippen LogP contribution in [0.15, 0.2) is 58.3 Å². The van der Waals surface area contributed by atoms with E-state index in [4.69, 9.17) is 28.1 Å². The number of aromatic hydroxyl groups is 1. The number of fused-ring (bicyclic) bond motifs is 11. The van der Waals surface area contributed by atoms with E-state index in [1.54, 1.807) is 37.3 Å². The molecular formula is C43H40N4O11S. The van der Waals surface area contributed by atoms with E-state index in [2.05, 4.69) is 27.8 Å². The standard InChI is InChI=1S/C43H40N4O11S/c1-6-11-46-26-14-23-12-19(2)36(53-5)35(49)30(23)33(46)34-40-32-31(39-38(55-18-56-39)20(3)37(32)57-21(4)48)28(47(34)27(26)15-44)16-54-43(52)25(17-59-40)45-41(50)24-13-22-9-7-8-10-29(22)58-42(24)51/h6-10,12-13,25-28,33-34,40,49H,1,11,14,16-18H2,2-5H3,(H,45,50)/t25?,26-,27-,28-,33+,34?,40+/m0/s1. The predicted octanol–water partition coefficient (Wildman–Crippen LogP) is 4.69. The van der Waals surface area contributed by atoms with Crippen molar-refractivity contribution >= 4 is 40.6 Å². The van der Waals surface area contributed by atoms with Gasteiger partial charge in [-0.05, 0) is 43.5 Å². The van der Waals surface area contributed by atoms with Crippen molar-refractivity contribution in [3.8, 4) is 34.8 Å². The molecule has 4 bridgehead atoms. The lowest BCUT2D eigenvalue weighted by Gasteiger charge is -2.62. The van der Waals surface area contributed by atoms with Crippen molar-refractivity contribution in [2.75, 3.05) is 32.8 Å². The molecule has 0 radical (unpaired) electrons. The Kier molecular flexibility index (Phi) is 9.57. The van der Waals surface area contributed by atoms with Crippen LogP contribution in [0.25, 0.3) is 11.0 Å². The summed E-state index contributed by atoms with van der Waals surface area (Å²) in [5.41, 5.74) is 3.03. The van der Waals surface area contributed by atoms with Gasteiger partial charge in [-0.2, -0.15) is 5.26 Å². The lowest BCUT2D eigenvalue weighted by molar-refractivity contribution is -0.151. The fourth-order valence-corrected chi connectivity index (χ4v) is 11.3. The van der Waals surface area contributed by atoms with E-state index in [1.807, 2.05) is 13.0 Å². The number of carbonyl (C=O) groups excluding carboxylic acids is 3. The molecule has 16 heteroatoms. The van der Waals surface area contributed by atoms with Gasteiger partial charge >= 0.3 is 17.6 Å². The van der Waals surface area contributed by atoms with Gasteiger partial charge in [0.25, 0.3) is 5.91 Å². The minimum atomic E-state index is -1.26. The van der Waals surface area contributed by atoms with Crippen molar-refractivity contribution in [2.24, 2.45) is 0 Å². The number of nitrogens with one attached hydrogen (secondary N) is 1. The quantitative estimate of drug-likeness (QED) is 0.118. The highest BCUT2D eigenvalue weighted by atomic mass is 32.2. The molecule has 0 aliphatic carbocycles. The molecule has 59 heavy (non-hydrogen) atoms. The summed E-state index contributed by atoms with van der Waals surface area (Å²) in [6.07, 6.45) is 2.18. The molecule has 2 saturated heterocycles. The van der Waals surface area contributed by atoms with Gasteiger partial charge in [0.05, 0.1) is 30.5 Å². The van der Waals surface area contributed by atoms with E-state index < -0.39 is 65.0 Å². The van der Waals surface area contributed by atoms with Crippen LogP contribution in [0, 0.1) is 25.2 Å². The number of aryl methyl sites for hydroxylation is 1. The highest BCUT2D eigenvalue weighted by molar-refractivity contribution is 7.99. The van der Waals surface area contributed by atoms with Gasteiger partial charge in [0, 0.05) is 58.9 Å². The molecule has 3 aromatic carbocycles. The van der Waals surface area contributed by atoms with Crippen LogP contribution >= 0.6 is 11.8 Å². The van der Waals surface area contributed by atoms with Crippen molar-refractivity contribution < 1.29 is 47.6 Å². The summed E-state index contributed by atoms with van der Waals surface area (Å²) in [6.45, 7) is 8.93. The first-order valence-electron chi connectivity index (χ1n) is 19.2. The van der Waals surface area contributed by atoms with Crippen molar-refractivity contribution in [3.05, 3.63) is 98.4 Å². The van der Waals surface area contributed by atoms with Crippen molar-refractivity contribution in [1.29, 1.82) is 5.26 Å². The summed E-state index contributed by atoms with van der Waals surface area (Å²) in [5, 5.41) is 25.8. The van der Waals surface area contributed by atoms with E-state index >= 15 is 0 Å². The Morgan fingerprint density at radius 2 is 1.88 bits per heavy atom. The van der Waals surface area contributed by atoms with Gasteiger partial charge in [-0.15, -0.1) is 18.3 Å². The van der Waals surface area contributed by atoms with Gasteiger partial charge in [0.15, 0.2) is 23.0 Å². The number of phenols is 1. The Morgan fingerprint density at radius 1 is 1.10 bits per heavy atom. The summed E-state index contributed by atoms with van der Waals surface area (Å²) in [4.78, 5) is 58.1. The Balaban J connectivity index is 1.25. The van der Waals surface area contributed by atoms with Crippen molar-refractivity contribution in [3.63, 3.8) is 0 Å². The van der Waals surface area contributed by atoms with Gasteiger partial charge in [-0.1, -0.05) is 30.3 Å². The zero-order valence-electron chi connectivity index (χ0n) is 32.6. The number of para-hydroxylation sites is 1. The van der Waals surface area contributed by atoms with E-state index in [1.165, 1.54) is 31.9 Å². The lowest BCUT2D eigenvalue weighted by Crippen LogP contribution is -2.70. The third-order valence-electron chi connectivity index (χ3n) is 12.0. The van der Waals surface area contributed by atoms with Gasteiger partial charge in [0.1, 0.15) is 35.6 Å². The van der Waals surface area contributed by atoms with E-state index in [-0.39, 0.29) is 36.2 Å². The van der Waals surface area contributed by atoms with Crippen molar-refractivity contribution in [1.82, 2.24) is 15.1 Å². The monoisotopic (exact) mass is 820 g/mol. The summed E-state index contributed by atoms with van der Waals surface area (Å²) in [7, 11) is 1.50. The second-order valence-electron chi connectivity index (χ2n) is 15.2. The molecule has 0 saturated carbocycles. The minimum Gasteiger partial charge on any atom is -0.504 e. The van der Waals surface area contributed by atoms with Crippen LogP contribution in [0.5, 0.6) is 28.7 Å². The first kappa shape index (κ1) is 38.5. The van der Waals surface area contributed by atoms with Gasteiger partial charge in [-0.3, -0.25) is 19.4 Å². The maximum atomic E-state index is 14.1. The molecule has 2 fully saturated rings. The van der Waals surface area contributed by atoms with Gasteiger partial charge < -0.3 is 38.5 Å². The molecule has 2 N–H and O–H groups in total. The first-order chi connectivity index (χ1) is 28.5. The van der Waals surface area contributed by atoms with Crippen LogP contribution in [-0.4, -0.2) is 89.7 Å². The molecule has 6 aliphatic rings. The molecule has 304 valence electrons. The molecule has 0 spiro atoms. The molecule has 10 rings (SSSR count). The number of nitriles is 1. The maximum Gasteiger partial charge on any atom is 0.349 e. The number of phenolic OH excluding ortho intramolecular Hbond substituents is 1. The average Bonchev–Trinajstić information content (AvgIpc) is 3.70.